The van der Waals surface area contributed by atoms with Crippen molar-refractivity contribution >= 4 is 17.8 Å². The minimum atomic E-state index is 0.0623. The van der Waals surface area contributed by atoms with Gasteiger partial charge in [0.15, 0.2) is 0 Å². The number of aliphatic hydroxyl groups is 1. The lowest BCUT2D eigenvalue weighted by atomic mass is 10.4. The number of rotatable bonds is 7. The van der Waals surface area contributed by atoms with E-state index in [1.807, 2.05) is 11.9 Å². The zero-order valence-corrected chi connectivity index (χ0v) is 12.7. The third-order valence-corrected chi connectivity index (χ3v) is 3.22. The summed E-state index contributed by atoms with van der Waals surface area (Å²) in [5.41, 5.74) is 0. The normalized spacial score (nSPS) is 15.1. The predicted octanol–water partition coefficient (Wildman–Crippen LogP) is -0.0414. The van der Waals surface area contributed by atoms with E-state index in [9.17, 15) is 0 Å². The van der Waals surface area contributed by atoms with Crippen LogP contribution in [0.4, 0.5) is 17.8 Å². The molecule has 1 fully saturated rings. The van der Waals surface area contributed by atoms with Gasteiger partial charge in [-0.05, 0) is 6.42 Å². The molecule has 2 rings (SSSR count). The standard InChI is InChI=1S/C13H24N6O2/c1-3-4-14-11-15-12(18(2)5-8-20)17-13(16-11)19-6-9-21-10-7-19/h20H,3-10H2,1-2H3,(H,14,15,16,17). The molecule has 2 heterocycles. The summed E-state index contributed by atoms with van der Waals surface area (Å²) >= 11 is 0. The SMILES string of the molecule is CCCNc1nc(N(C)CCO)nc(N2CCOCC2)n1. The second kappa shape index (κ2) is 7.94. The fraction of sp³-hybridized carbons (Fsp3) is 0.769. The molecule has 2 N–H and O–H groups in total. The van der Waals surface area contributed by atoms with Gasteiger partial charge in [-0.25, -0.2) is 0 Å². The van der Waals surface area contributed by atoms with Crippen LogP contribution in [0.1, 0.15) is 13.3 Å². The molecule has 1 saturated heterocycles. The molecule has 1 aliphatic heterocycles. The molecule has 1 aliphatic rings. The Morgan fingerprint density at radius 3 is 2.71 bits per heavy atom. The fourth-order valence-electron chi connectivity index (χ4n) is 2.00. The first-order valence-electron chi connectivity index (χ1n) is 7.39. The Morgan fingerprint density at radius 2 is 2.05 bits per heavy atom. The van der Waals surface area contributed by atoms with Gasteiger partial charge in [0, 0.05) is 33.2 Å². The molecule has 0 amide bonds. The van der Waals surface area contributed by atoms with Crippen molar-refractivity contribution in [3.05, 3.63) is 0 Å². The van der Waals surface area contributed by atoms with E-state index in [1.165, 1.54) is 0 Å². The average Bonchev–Trinajstić information content (AvgIpc) is 2.53. The number of aliphatic hydroxyl groups excluding tert-OH is 1. The summed E-state index contributed by atoms with van der Waals surface area (Å²) in [6.45, 7) is 6.38. The lowest BCUT2D eigenvalue weighted by Crippen LogP contribution is -2.38. The number of hydrogen-bond donors (Lipinski definition) is 2. The zero-order chi connectivity index (χ0) is 15.1. The van der Waals surface area contributed by atoms with E-state index in [1.54, 1.807) is 0 Å². The van der Waals surface area contributed by atoms with Gasteiger partial charge in [0.2, 0.25) is 17.8 Å². The van der Waals surface area contributed by atoms with Gasteiger partial charge in [0.05, 0.1) is 19.8 Å². The predicted molar refractivity (Wildman–Crippen MR) is 82.0 cm³/mol. The molecule has 1 aromatic rings. The number of likely N-dealkylation sites (N-methyl/N-ethyl adjacent to an activating group) is 1. The molecule has 0 unspecified atom stereocenters. The largest absolute Gasteiger partial charge is 0.395 e. The van der Waals surface area contributed by atoms with Gasteiger partial charge in [-0.1, -0.05) is 6.92 Å². The van der Waals surface area contributed by atoms with Crippen molar-refractivity contribution in [2.75, 3.05) is 68.2 Å². The summed E-state index contributed by atoms with van der Waals surface area (Å²) in [6.07, 6.45) is 1.00. The van der Waals surface area contributed by atoms with Crippen LogP contribution in [0.5, 0.6) is 0 Å². The van der Waals surface area contributed by atoms with E-state index < -0.39 is 0 Å². The van der Waals surface area contributed by atoms with Gasteiger partial charge < -0.3 is 25.0 Å². The summed E-state index contributed by atoms with van der Waals surface area (Å²) in [5.74, 6) is 1.80. The lowest BCUT2D eigenvalue weighted by molar-refractivity contribution is 0.122. The van der Waals surface area contributed by atoms with Gasteiger partial charge in [-0.2, -0.15) is 15.0 Å². The second-order valence-corrected chi connectivity index (χ2v) is 4.93. The van der Waals surface area contributed by atoms with Gasteiger partial charge in [0.1, 0.15) is 0 Å². The summed E-state index contributed by atoms with van der Waals surface area (Å²) in [4.78, 5) is 17.3. The number of anilines is 3. The summed E-state index contributed by atoms with van der Waals surface area (Å²) in [5, 5.41) is 12.3. The van der Waals surface area contributed by atoms with Crippen LogP contribution in [0.15, 0.2) is 0 Å². The van der Waals surface area contributed by atoms with Crippen LogP contribution in [0.3, 0.4) is 0 Å². The van der Waals surface area contributed by atoms with Crippen LogP contribution in [-0.2, 0) is 4.74 Å². The van der Waals surface area contributed by atoms with Crippen molar-refractivity contribution in [3.8, 4) is 0 Å². The Morgan fingerprint density at radius 1 is 1.29 bits per heavy atom. The second-order valence-electron chi connectivity index (χ2n) is 4.93. The molecule has 21 heavy (non-hydrogen) atoms. The molecule has 0 spiro atoms. The number of aromatic nitrogens is 3. The third kappa shape index (κ3) is 4.40. The molecular weight excluding hydrogens is 272 g/mol. The van der Waals surface area contributed by atoms with Crippen LogP contribution in [0, 0.1) is 0 Å². The molecule has 0 radical (unpaired) electrons. The first-order valence-corrected chi connectivity index (χ1v) is 7.39. The Labute approximate surface area is 125 Å². The Balaban J connectivity index is 2.22. The van der Waals surface area contributed by atoms with Crippen molar-refractivity contribution in [1.29, 1.82) is 0 Å². The minimum absolute atomic E-state index is 0.0623. The Bertz CT molecular complexity index is 439. The van der Waals surface area contributed by atoms with Gasteiger partial charge in [-0.3, -0.25) is 0 Å². The van der Waals surface area contributed by atoms with Gasteiger partial charge in [-0.15, -0.1) is 0 Å². The van der Waals surface area contributed by atoms with Crippen molar-refractivity contribution in [1.82, 2.24) is 15.0 Å². The van der Waals surface area contributed by atoms with Crippen LogP contribution >= 0.6 is 0 Å². The number of ether oxygens (including phenoxy) is 1. The molecule has 118 valence electrons. The molecule has 0 aliphatic carbocycles. The molecule has 0 aromatic carbocycles. The highest BCUT2D eigenvalue weighted by atomic mass is 16.5. The number of nitrogens with zero attached hydrogens (tertiary/aromatic N) is 5. The Hall–Kier alpha value is -1.67. The van der Waals surface area contributed by atoms with E-state index in [2.05, 4.69) is 32.1 Å². The van der Waals surface area contributed by atoms with E-state index in [0.29, 0.717) is 37.6 Å². The van der Waals surface area contributed by atoms with Gasteiger partial charge in [0.25, 0.3) is 0 Å². The highest BCUT2D eigenvalue weighted by Crippen LogP contribution is 2.16. The topological polar surface area (TPSA) is 86.6 Å². The third-order valence-electron chi connectivity index (χ3n) is 3.22. The van der Waals surface area contributed by atoms with Crippen LogP contribution in [0.25, 0.3) is 0 Å². The van der Waals surface area contributed by atoms with Crippen LogP contribution < -0.4 is 15.1 Å². The van der Waals surface area contributed by atoms with E-state index >= 15 is 0 Å². The van der Waals surface area contributed by atoms with Crippen LogP contribution in [-0.4, -0.2) is 73.1 Å². The zero-order valence-electron chi connectivity index (χ0n) is 12.7. The van der Waals surface area contributed by atoms with Gasteiger partial charge >= 0.3 is 0 Å². The molecule has 0 atom stereocenters. The number of nitrogens with one attached hydrogen (secondary N) is 1. The first kappa shape index (κ1) is 15.7. The molecular formula is C13H24N6O2. The highest BCUT2D eigenvalue weighted by Gasteiger charge is 2.17. The average molecular weight is 296 g/mol. The summed E-state index contributed by atoms with van der Waals surface area (Å²) < 4.78 is 5.36. The van der Waals surface area contributed by atoms with E-state index in [4.69, 9.17) is 9.84 Å². The smallest absolute Gasteiger partial charge is 0.232 e. The Kier molecular flexibility index (Phi) is 5.94. The molecule has 0 bridgehead atoms. The van der Waals surface area contributed by atoms with Crippen molar-refractivity contribution < 1.29 is 9.84 Å². The van der Waals surface area contributed by atoms with Crippen molar-refractivity contribution in [3.63, 3.8) is 0 Å². The maximum atomic E-state index is 9.07. The molecule has 8 nitrogen and oxygen atoms in total. The quantitative estimate of drug-likeness (QED) is 0.725. The minimum Gasteiger partial charge on any atom is -0.395 e. The van der Waals surface area contributed by atoms with Crippen molar-refractivity contribution in [2.45, 2.75) is 13.3 Å². The highest BCUT2D eigenvalue weighted by molar-refractivity contribution is 5.45. The lowest BCUT2D eigenvalue weighted by Gasteiger charge is -2.28. The maximum Gasteiger partial charge on any atom is 0.232 e. The van der Waals surface area contributed by atoms with E-state index in [0.717, 1.165) is 26.1 Å². The maximum absolute atomic E-state index is 9.07. The monoisotopic (exact) mass is 296 g/mol. The van der Waals surface area contributed by atoms with Crippen LogP contribution in [0.2, 0.25) is 0 Å². The molecule has 8 heteroatoms. The first-order chi connectivity index (χ1) is 10.2. The summed E-state index contributed by atoms with van der Waals surface area (Å²) in [6, 6.07) is 0. The van der Waals surface area contributed by atoms with E-state index in [-0.39, 0.29) is 6.61 Å². The molecule has 1 aromatic heterocycles. The molecule has 0 saturated carbocycles. The fourth-order valence-corrected chi connectivity index (χ4v) is 2.00. The number of morpholine rings is 1. The summed E-state index contributed by atoms with van der Waals surface area (Å²) in [7, 11) is 1.86. The van der Waals surface area contributed by atoms with Crippen molar-refractivity contribution in [2.24, 2.45) is 0 Å². The number of hydrogen-bond acceptors (Lipinski definition) is 8.